The van der Waals surface area contributed by atoms with Crippen LogP contribution in [0, 0.1) is 6.92 Å². The van der Waals surface area contributed by atoms with Crippen LogP contribution in [0.5, 0.6) is 0 Å². The lowest BCUT2D eigenvalue weighted by molar-refractivity contribution is 0.372. The Hall–Kier alpha value is -0.670. The molecule has 1 aliphatic heterocycles. The van der Waals surface area contributed by atoms with Gasteiger partial charge in [0.1, 0.15) is 0 Å². The number of fused-ring (bicyclic) bond motifs is 1. The quantitative estimate of drug-likeness (QED) is 0.550. The fourth-order valence-electron chi connectivity index (χ4n) is 1.08. The smallest absolute Gasteiger partial charge is 0.0807 e. The van der Waals surface area contributed by atoms with Gasteiger partial charge in [-0.2, -0.15) is 4.28 Å². The Morgan fingerprint density at radius 2 is 2.27 bits per heavy atom. The highest BCUT2D eigenvalue weighted by molar-refractivity contribution is 7.95. The molecule has 0 N–H and O–H groups in total. The minimum Gasteiger partial charge on any atom is -0.243 e. The first-order valence-electron chi connectivity index (χ1n) is 3.46. The molecule has 0 radical (unpaired) electrons. The van der Waals surface area contributed by atoms with Crippen LogP contribution in [0.1, 0.15) is 5.56 Å². The first-order valence-corrected chi connectivity index (χ1v) is 4.20. The van der Waals surface area contributed by atoms with Crippen molar-refractivity contribution in [3.8, 4) is 0 Å². The molecule has 0 bridgehead atoms. The average molecular weight is 167 g/mol. The second kappa shape index (κ2) is 2.43. The highest BCUT2D eigenvalue weighted by Gasteiger charge is 2.17. The predicted octanol–water partition coefficient (Wildman–Crippen LogP) is 2.38. The van der Waals surface area contributed by atoms with Gasteiger partial charge in [0.25, 0.3) is 0 Å². The number of hydroxylamine groups is 1. The number of anilines is 1. The first-order chi connectivity index (χ1) is 5.27. The van der Waals surface area contributed by atoms with E-state index in [0.717, 1.165) is 5.69 Å². The molecule has 0 saturated heterocycles. The van der Waals surface area contributed by atoms with Gasteiger partial charge in [0, 0.05) is 7.05 Å². The van der Waals surface area contributed by atoms with Gasteiger partial charge in [0.05, 0.1) is 22.6 Å². The molecule has 0 aromatic heterocycles. The molecular weight excluding hydrogens is 158 g/mol. The zero-order valence-corrected chi connectivity index (χ0v) is 7.31. The molecule has 2 nitrogen and oxygen atoms in total. The van der Waals surface area contributed by atoms with Crippen LogP contribution in [-0.2, 0) is 4.28 Å². The van der Waals surface area contributed by atoms with Gasteiger partial charge in [-0.05, 0) is 24.6 Å². The van der Waals surface area contributed by atoms with Gasteiger partial charge in [0.2, 0.25) is 0 Å². The van der Waals surface area contributed by atoms with Gasteiger partial charge in [0.15, 0.2) is 0 Å². The van der Waals surface area contributed by atoms with Crippen LogP contribution in [0.4, 0.5) is 5.69 Å². The number of aryl methyl sites for hydroxylation is 1. The summed E-state index contributed by atoms with van der Waals surface area (Å²) >= 11 is 1.41. The summed E-state index contributed by atoms with van der Waals surface area (Å²) in [6.07, 6.45) is 0. The molecule has 1 aromatic rings. The van der Waals surface area contributed by atoms with Crippen LogP contribution >= 0.6 is 12.0 Å². The molecule has 0 aliphatic carbocycles. The molecule has 0 saturated carbocycles. The van der Waals surface area contributed by atoms with E-state index in [1.807, 2.05) is 7.05 Å². The Bertz CT molecular complexity index is 287. The number of nitrogens with zero attached hydrogens (tertiary/aromatic N) is 1. The van der Waals surface area contributed by atoms with Gasteiger partial charge in [-0.25, -0.2) is 5.06 Å². The SMILES string of the molecule is Cc1ccc2c(c1)N(C)OS2. The Balaban J connectivity index is 2.52. The highest BCUT2D eigenvalue weighted by atomic mass is 32.2. The molecule has 1 aliphatic rings. The number of hydrogen-bond donors (Lipinski definition) is 0. The molecule has 3 heteroatoms. The van der Waals surface area contributed by atoms with E-state index in [-0.39, 0.29) is 0 Å². The molecule has 11 heavy (non-hydrogen) atoms. The van der Waals surface area contributed by atoms with Crippen molar-refractivity contribution < 1.29 is 4.28 Å². The third-order valence-electron chi connectivity index (χ3n) is 1.69. The van der Waals surface area contributed by atoms with Crippen LogP contribution in [0.15, 0.2) is 23.1 Å². The Morgan fingerprint density at radius 3 is 3.09 bits per heavy atom. The third-order valence-corrected chi connectivity index (χ3v) is 2.52. The monoisotopic (exact) mass is 167 g/mol. The van der Waals surface area contributed by atoms with E-state index in [2.05, 4.69) is 25.1 Å². The zero-order valence-electron chi connectivity index (χ0n) is 6.50. The standard InChI is InChI=1S/C8H9NOS/c1-6-3-4-8-7(5-6)9(2)10-11-8/h3-5H,1-2H3. The van der Waals surface area contributed by atoms with Crippen LogP contribution in [-0.4, -0.2) is 7.05 Å². The first kappa shape index (κ1) is 7.00. The van der Waals surface area contributed by atoms with E-state index in [4.69, 9.17) is 4.28 Å². The topological polar surface area (TPSA) is 12.5 Å². The summed E-state index contributed by atoms with van der Waals surface area (Å²) in [5.74, 6) is 0. The van der Waals surface area contributed by atoms with Gasteiger partial charge in [-0.3, -0.25) is 0 Å². The minimum atomic E-state index is 1.16. The van der Waals surface area contributed by atoms with Crippen molar-refractivity contribution in [2.24, 2.45) is 0 Å². The summed E-state index contributed by atoms with van der Waals surface area (Å²) in [4.78, 5) is 1.19. The maximum absolute atomic E-state index is 5.23. The van der Waals surface area contributed by atoms with E-state index in [1.54, 1.807) is 5.06 Å². The Kier molecular flexibility index (Phi) is 1.55. The van der Waals surface area contributed by atoms with Crippen molar-refractivity contribution in [2.75, 3.05) is 12.1 Å². The summed E-state index contributed by atoms with van der Waals surface area (Å²) in [5.41, 5.74) is 2.43. The lowest BCUT2D eigenvalue weighted by Crippen LogP contribution is -2.08. The molecule has 0 fully saturated rings. The van der Waals surface area contributed by atoms with E-state index in [0.29, 0.717) is 0 Å². The zero-order chi connectivity index (χ0) is 7.84. The van der Waals surface area contributed by atoms with E-state index in [9.17, 15) is 0 Å². The fourth-order valence-corrected chi connectivity index (χ4v) is 1.75. The second-order valence-corrected chi connectivity index (χ2v) is 3.38. The molecule has 0 amide bonds. The van der Waals surface area contributed by atoms with Crippen LogP contribution in [0.3, 0.4) is 0 Å². The summed E-state index contributed by atoms with van der Waals surface area (Å²) < 4.78 is 5.23. The fraction of sp³-hybridized carbons (Fsp3) is 0.250. The highest BCUT2D eigenvalue weighted by Crippen LogP contribution is 2.38. The average Bonchev–Trinajstić information content (AvgIpc) is 2.33. The second-order valence-electron chi connectivity index (χ2n) is 2.63. The van der Waals surface area contributed by atoms with Crippen molar-refractivity contribution in [1.29, 1.82) is 0 Å². The molecule has 0 spiro atoms. The summed E-state index contributed by atoms with van der Waals surface area (Å²) in [7, 11) is 1.91. The summed E-state index contributed by atoms with van der Waals surface area (Å²) in [5, 5.41) is 1.78. The Labute approximate surface area is 70.3 Å². The molecular formula is C8H9NOS. The van der Waals surface area contributed by atoms with Crippen molar-refractivity contribution >= 4 is 17.7 Å². The van der Waals surface area contributed by atoms with Gasteiger partial charge in [-0.1, -0.05) is 6.07 Å². The van der Waals surface area contributed by atoms with E-state index < -0.39 is 0 Å². The number of rotatable bonds is 0. The molecule has 1 heterocycles. The van der Waals surface area contributed by atoms with Gasteiger partial charge in [-0.15, -0.1) is 0 Å². The van der Waals surface area contributed by atoms with Gasteiger partial charge < -0.3 is 0 Å². The third kappa shape index (κ3) is 1.10. The Morgan fingerprint density at radius 1 is 1.45 bits per heavy atom. The number of benzene rings is 1. The minimum absolute atomic E-state index is 1.16. The normalized spacial score (nSPS) is 15.3. The maximum Gasteiger partial charge on any atom is 0.0807 e. The van der Waals surface area contributed by atoms with E-state index >= 15 is 0 Å². The summed E-state index contributed by atoms with van der Waals surface area (Å²) in [6.45, 7) is 2.08. The maximum atomic E-state index is 5.23. The van der Waals surface area contributed by atoms with Crippen molar-refractivity contribution in [3.05, 3.63) is 23.8 Å². The van der Waals surface area contributed by atoms with Crippen molar-refractivity contribution in [3.63, 3.8) is 0 Å². The molecule has 0 atom stereocenters. The molecule has 58 valence electrons. The molecule has 1 aromatic carbocycles. The lowest BCUT2D eigenvalue weighted by Gasteiger charge is -2.07. The summed E-state index contributed by atoms with van der Waals surface area (Å²) in [6, 6.07) is 6.29. The van der Waals surface area contributed by atoms with Crippen LogP contribution in [0.2, 0.25) is 0 Å². The van der Waals surface area contributed by atoms with Gasteiger partial charge >= 0.3 is 0 Å². The molecule has 0 unspecified atom stereocenters. The van der Waals surface area contributed by atoms with E-state index in [1.165, 1.54) is 22.5 Å². The largest absolute Gasteiger partial charge is 0.243 e. The van der Waals surface area contributed by atoms with Crippen LogP contribution < -0.4 is 5.06 Å². The number of hydrogen-bond acceptors (Lipinski definition) is 3. The molecule has 2 rings (SSSR count). The predicted molar refractivity (Wildman–Crippen MR) is 46.5 cm³/mol. The van der Waals surface area contributed by atoms with Crippen LogP contribution in [0.25, 0.3) is 0 Å². The lowest BCUT2D eigenvalue weighted by atomic mass is 10.2. The van der Waals surface area contributed by atoms with Crippen molar-refractivity contribution in [2.45, 2.75) is 11.8 Å². The van der Waals surface area contributed by atoms with Crippen molar-refractivity contribution in [1.82, 2.24) is 0 Å².